The van der Waals surface area contributed by atoms with Gasteiger partial charge in [-0.15, -0.1) is 0 Å². The average molecular weight is 887 g/mol. The van der Waals surface area contributed by atoms with Crippen LogP contribution in [0.3, 0.4) is 0 Å². The highest BCUT2D eigenvalue weighted by Gasteiger charge is 2.20. The van der Waals surface area contributed by atoms with Crippen LogP contribution in [0.1, 0.15) is 11.1 Å². The minimum atomic E-state index is -4.89. The van der Waals surface area contributed by atoms with Gasteiger partial charge in [-0.1, -0.05) is 60.7 Å². The zero-order chi connectivity index (χ0) is 44.3. The van der Waals surface area contributed by atoms with E-state index in [1.54, 1.807) is 48.5 Å². The van der Waals surface area contributed by atoms with Crippen LogP contribution in [0.2, 0.25) is 0 Å². The second-order valence-electron chi connectivity index (χ2n) is 12.9. The van der Waals surface area contributed by atoms with Gasteiger partial charge in [-0.3, -0.25) is 9.11 Å². The molecular weight excluding hydrogens is 845 g/mol. The fourth-order valence-electron chi connectivity index (χ4n) is 5.71. The van der Waals surface area contributed by atoms with Gasteiger partial charge in [0.1, 0.15) is 9.79 Å². The number of anilines is 10. The van der Waals surface area contributed by atoms with Crippen LogP contribution < -0.4 is 42.5 Å². The number of nitrogens with one attached hydrogen (secondary N) is 4. The number of hydrogen-bond donors (Lipinski definition) is 10. The lowest BCUT2D eigenvalue weighted by atomic mass is 10.1. The summed E-state index contributed by atoms with van der Waals surface area (Å²) in [5.74, 6) is 0.318. The molecule has 0 fully saturated rings. The molecule has 62 heavy (non-hydrogen) atoms. The molecule has 2 heterocycles. The lowest BCUT2D eigenvalue weighted by Gasteiger charge is -2.20. The Morgan fingerprint density at radius 3 is 1.15 bits per heavy atom. The third-order valence-electron chi connectivity index (χ3n) is 8.59. The van der Waals surface area contributed by atoms with Crippen LogP contribution in [0.4, 0.5) is 58.4 Å². The summed E-state index contributed by atoms with van der Waals surface area (Å²) in [6.45, 7) is -0.381. The van der Waals surface area contributed by atoms with Gasteiger partial charge in [-0.25, -0.2) is 0 Å². The van der Waals surface area contributed by atoms with E-state index in [0.29, 0.717) is 11.4 Å². The summed E-state index contributed by atoms with van der Waals surface area (Å²) in [7, 11) is -9.78. The minimum Gasteiger partial charge on any atom is -0.395 e. The smallest absolute Gasteiger partial charge is 0.295 e. The van der Waals surface area contributed by atoms with E-state index in [0.717, 1.165) is 12.1 Å². The standard InChI is InChI=1S/C38H42N14O8S2/c39-23-51(17-19-53)37-47-33(41-27-7-3-1-4-8-27)45-35(49-37)43-29-15-13-25(31(21-29)61(55,56)57)11-12-26-14-16-30(22-32(26)62(58,59)60)44-36-46-34(42-28-9-5-2-6-10-28)48-38(50-36)52(24-40)18-20-54/h1-16,21-22,53-54H,17-20,23-24,39-40H2,(H,55,56,57)(H,58,59,60)(H2,41,43,45,47,49)(H2,42,44,46,48,50). The van der Waals surface area contributed by atoms with Crippen molar-refractivity contribution in [3.8, 4) is 0 Å². The number of benzene rings is 4. The van der Waals surface area contributed by atoms with Crippen molar-refractivity contribution in [2.24, 2.45) is 11.5 Å². The maximum Gasteiger partial charge on any atom is 0.295 e. The maximum atomic E-state index is 12.7. The zero-order valence-electron chi connectivity index (χ0n) is 32.6. The van der Waals surface area contributed by atoms with Gasteiger partial charge >= 0.3 is 0 Å². The van der Waals surface area contributed by atoms with Gasteiger partial charge in [-0.05, 0) is 59.7 Å². The molecular formula is C38H42N14O8S2. The number of aromatic nitrogens is 6. The molecule has 0 atom stereocenters. The fraction of sp³-hybridized carbons (Fsp3) is 0.158. The number of hydrogen-bond acceptors (Lipinski definition) is 20. The lowest BCUT2D eigenvalue weighted by Crippen LogP contribution is -2.34. The van der Waals surface area contributed by atoms with Gasteiger partial charge in [0.05, 0.1) is 26.6 Å². The van der Waals surface area contributed by atoms with E-state index >= 15 is 0 Å². The molecule has 0 saturated heterocycles. The summed E-state index contributed by atoms with van der Waals surface area (Å²) in [6, 6.07) is 25.8. The van der Waals surface area contributed by atoms with Crippen molar-refractivity contribution in [2.45, 2.75) is 9.79 Å². The Kier molecular flexibility index (Phi) is 14.5. The monoisotopic (exact) mass is 886 g/mol. The van der Waals surface area contributed by atoms with Crippen molar-refractivity contribution in [3.05, 3.63) is 108 Å². The summed E-state index contributed by atoms with van der Waals surface area (Å²) < 4.78 is 71.3. The van der Waals surface area contributed by atoms with Gasteiger partial charge in [0.25, 0.3) is 20.2 Å². The number of rotatable bonds is 20. The van der Waals surface area contributed by atoms with E-state index in [1.165, 1.54) is 46.2 Å². The molecule has 0 spiro atoms. The molecule has 0 aliphatic carbocycles. The van der Waals surface area contributed by atoms with Crippen LogP contribution in [-0.4, -0.2) is 106 Å². The first-order chi connectivity index (χ1) is 29.8. The number of aliphatic hydroxyl groups excluding tert-OH is 2. The van der Waals surface area contributed by atoms with Crippen LogP contribution in [-0.2, 0) is 20.2 Å². The molecule has 324 valence electrons. The molecule has 2 aromatic heterocycles. The molecule has 6 rings (SSSR count). The molecule has 0 saturated carbocycles. The third kappa shape index (κ3) is 11.9. The second-order valence-corrected chi connectivity index (χ2v) is 15.7. The summed E-state index contributed by atoms with van der Waals surface area (Å²) in [6.07, 6.45) is 2.48. The Labute approximate surface area is 356 Å². The van der Waals surface area contributed by atoms with Crippen molar-refractivity contribution in [3.63, 3.8) is 0 Å². The highest BCUT2D eigenvalue weighted by atomic mass is 32.2. The first-order valence-electron chi connectivity index (χ1n) is 18.5. The largest absolute Gasteiger partial charge is 0.395 e. The number of aliphatic hydroxyl groups is 2. The molecule has 4 aromatic carbocycles. The SMILES string of the molecule is NCN(CCO)c1nc(Nc2ccccc2)nc(Nc2ccc(C=Cc3ccc(Nc4nc(Nc5ccccc5)nc(N(CN)CCO)n4)cc3S(=O)(=O)O)c(S(=O)(=O)O)c2)n1. The molecule has 0 radical (unpaired) electrons. The van der Waals surface area contributed by atoms with Crippen molar-refractivity contribution >= 4 is 90.8 Å². The summed E-state index contributed by atoms with van der Waals surface area (Å²) >= 11 is 0. The second kappa shape index (κ2) is 20.1. The number of para-hydroxylation sites is 2. The van der Waals surface area contributed by atoms with Gasteiger partial charge in [0.2, 0.25) is 35.7 Å². The van der Waals surface area contributed by atoms with Crippen LogP contribution in [0.5, 0.6) is 0 Å². The first kappa shape index (κ1) is 44.6. The Morgan fingerprint density at radius 2 is 0.839 bits per heavy atom. The quantitative estimate of drug-likeness (QED) is 0.0299. The van der Waals surface area contributed by atoms with Gasteiger partial charge in [-0.2, -0.15) is 46.7 Å². The number of nitrogens with zero attached hydrogens (tertiary/aromatic N) is 8. The van der Waals surface area contributed by atoms with E-state index in [2.05, 4.69) is 51.2 Å². The molecule has 12 N–H and O–H groups in total. The minimum absolute atomic E-state index is 0.0418. The van der Waals surface area contributed by atoms with Crippen molar-refractivity contribution in [2.75, 3.05) is 70.7 Å². The Morgan fingerprint density at radius 1 is 0.500 bits per heavy atom. The molecule has 0 bridgehead atoms. The van der Waals surface area contributed by atoms with Crippen molar-refractivity contribution < 1.29 is 36.2 Å². The average Bonchev–Trinajstić information content (AvgIpc) is 3.24. The first-order valence-corrected chi connectivity index (χ1v) is 21.4. The normalized spacial score (nSPS) is 11.6. The molecule has 0 aliphatic rings. The van der Waals surface area contributed by atoms with Crippen LogP contribution in [0.25, 0.3) is 12.2 Å². The zero-order valence-corrected chi connectivity index (χ0v) is 34.2. The van der Waals surface area contributed by atoms with Crippen LogP contribution >= 0.6 is 0 Å². The highest BCUT2D eigenvalue weighted by molar-refractivity contribution is 7.86. The van der Waals surface area contributed by atoms with Crippen molar-refractivity contribution in [1.29, 1.82) is 0 Å². The molecule has 0 amide bonds. The summed E-state index contributed by atoms with van der Waals surface area (Å²) in [5, 5.41) is 31.0. The van der Waals surface area contributed by atoms with Crippen LogP contribution in [0, 0.1) is 0 Å². The van der Waals surface area contributed by atoms with Gasteiger partial charge < -0.3 is 52.7 Å². The lowest BCUT2D eigenvalue weighted by molar-refractivity contribution is 0.301. The highest BCUT2D eigenvalue weighted by Crippen LogP contribution is 2.29. The van der Waals surface area contributed by atoms with E-state index in [4.69, 9.17) is 11.5 Å². The third-order valence-corrected chi connectivity index (χ3v) is 10.4. The summed E-state index contributed by atoms with van der Waals surface area (Å²) in [5.41, 5.74) is 13.2. The molecule has 0 aliphatic heterocycles. The topological polar surface area (TPSA) is 333 Å². The maximum absolute atomic E-state index is 12.7. The molecule has 0 unspecified atom stereocenters. The Balaban J connectivity index is 1.30. The van der Waals surface area contributed by atoms with E-state index in [-0.39, 0.29) is 97.8 Å². The van der Waals surface area contributed by atoms with Gasteiger partial charge in [0, 0.05) is 35.8 Å². The molecule has 6 aromatic rings. The molecule has 22 nitrogen and oxygen atoms in total. The van der Waals surface area contributed by atoms with Gasteiger partial charge in [0.15, 0.2) is 0 Å². The summed E-state index contributed by atoms with van der Waals surface area (Å²) in [4.78, 5) is 28.2. The fourth-order valence-corrected chi connectivity index (χ4v) is 7.13. The Hall–Kier alpha value is -6.90. The van der Waals surface area contributed by atoms with Crippen molar-refractivity contribution in [1.82, 2.24) is 29.9 Å². The Bertz CT molecular complexity index is 2550. The van der Waals surface area contributed by atoms with Crippen LogP contribution in [0.15, 0.2) is 107 Å². The van der Waals surface area contributed by atoms with E-state index < -0.39 is 30.0 Å². The molecule has 24 heteroatoms. The van der Waals surface area contributed by atoms with E-state index in [9.17, 15) is 36.2 Å². The predicted molar refractivity (Wildman–Crippen MR) is 234 cm³/mol. The number of nitrogens with two attached hydrogens (primary N) is 2. The predicted octanol–water partition coefficient (Wildman–Crippen LogP) is 3.12. The van der Waals surface area contributed by atoms with E-state index in [1.807, 2.05) is 12.1 Å².